The van der Waals surface area contributed by atoms with Gasteiger partial charge in [-0.05, 0) is 87.1 Å². The van der Waals surface area contributed by atoms with E-state index >= 15 is 0 Å². The third kappa shape index (κ3) is 8.33. The number of nitrogens with one attached hydrogen (secondary N) is 1. The number of allylic oxidation sites excluding steroid dienone is 2. The molecule has 1 heterocycles. The summed E-state index contributed by atoms with van der Waals surface area (Å²) in [7, 11) is 5.58. The molecule has 4 rings (SSSR count). The number of aromatic nitrogens is 2. The van der Waals surface area contributed by atoms with Crippen LogP contribution in [0.5, 0.6) is 5.75 Å². The molecule has 0 fully saturated rings. The van der Waals surface area contributed by atoms with Crippen LogP contribution >= 0.6 is 11.8 Å². The standard InChI is InChI=1S/C32H39N5O3S/c1-22-19-23(2)34-32(33-22)41-21-29(38)37(20-24-11-17-28(40-5)18-12-24)30(25-9-7-6-8-10-25)31(39)35-26-13-15-27(16-14-26)36(3)4/h6-7,11-19,25,30H,8-10,20-21H2,1-5H3,(H,35,39)/t25-,30+/m1/s1. The second-order valence-corrected chi connectivity index (χ2v) is 11.5. The van der Waals surface area contributed by atoms with Crippen molar-refractivity contribution in [2.45, 2.75) is 50.9 Å². The van der Waals surface area contributed by atoms with Crippen molar-refractivity contribution in [1.29, 1.82) is 0 Å². The molecule has 0 aliphatic heterocycles. The van der Waals surface area contributed by atoms with Gasteiger partial charge in [0, 0.05) is 43.4 Å². The quantitative estimate of drug-likeness (QED) is 0.180. The van der Waals surface area contributed by atoms with Crippen LogP contribution in [0, 0.1) is 19.8 Å². The Hall–Kier alpha value is -3.85. The highest BCUT2D eigenvalue weighted by Gasteiger charge is 2.36. The molecule has 0 saturated heterocycles. The number of rotatable bonds is 11. The molecule has 216 valence electrons. The number of thioether (sulfide) groups is 1. The Balaban J connectivity index is 1.64. The van der Waals surface area contributed by atoms with E-state index in [0.717, 1.165) is 47.7 Å². The SMILES string of the molecule is COc1ccc(CN(C(=O)CSc2nc(C)cc(C)n2)[C@H](C(=O)Nc2ccc(N(C)C)cc2)[C@@H]2CC=CCC2)cc1. The lowest BCUT2D eigenvalue weighted by Gasteiger charge is -2.37. The van der Waals surface area contributed by atoms with Crippen LogP contribution in [0.2, 0.25) is 0 Å². The summed E-state index contributed by atoms with van der Waals surface area (Å²) in [6, 6.07) is 16.6. The van der Waals surface area contributed by atoms with Gasteiger partial charge in [-0.15, -0.1) is 0 Å². The summed E-state index contributed by atoms with van der Waals surface area (Å²) in [5.41, 5.74) is 4.38. The molecular formula is C32H39N5O3S. The molecule has 1 aliphatic rings. The van der Waals surface area contributed by atoms with Crippen molar-refractivity contribution < 1.29 is 14.3 Å². The number of amides is 2. The zero-order valence-corrected chi connectivity index (χ0v) is 25.3. The molecule has 3 aromatic rings. The van der Waals surface area contributed by atoms with Gasteiger partial charge in [-0.2, -0.15) is 0 Å². The minimum absolute atomic E-state index is 0.00860. The number of aryl methyl sites for hydroxylation is 2. The number of hydrogen-bond donors (Lipinski definition) is 1. The monoisotopic (exact) mass is 573 g/mol. The summed E-state index contributed by atoms with van der Waals surface area (Å²) in [5, 5.41) is 3.66. The Labute approximate surface area is 247 Å². The number of nitrogens with zero attached hydrogens (tertiary/aromatic N) is 4. The smallest absolute Gasteiger partial charge is 0.247 e. The van der Waals surface area contributed by atoms with Crippen molar-refractivity contribution in [1.82, 2.24) is 14.9 Å². The second kappa shape index (κ2) is 14.2. The van der Waals surface area contributed by atoms with Gasteiger partial charge in [-0.3, -0.25) is 9.59 Å². The predicted molar refractivity (Wildman–Crippen MR) is 165 cm³/mol. The molecule has 0 unspecified atom stereocenters. The number of carbonyl (C=O) groups excluding carboxylic acids is 2. The van der Waals surface area contributed by atoms with Gasteiger partial charge in [-0.25, -0.2) is 9.97 Å². The fourth-order valence-electron chi connectivity index (χ4n) is 5.01. The number of benzene rings is 2. The maximum absolute atomic E-state index is 14.0. The zero-order chi connectivity index (χ0) is 29.4. The summed E-state index contributed by atoms with van der Waals surface area (Å²) >= 11 is 1.30. The number of anilines is 2. The van der Waals surface area contributed by atoms with E-state index in [4.69, 9.17) is 4.74 Å². The third-order valence-corrected chi connectivity index (χ3v) is 7.96. The first kappa shape index (κ1) is 30.1. The van der Waals surface area contributed by atoms with Crippen molar-refractivity contribution in [2.24, 2.45) is 5.92 Å². The summed E-state index contributed by atoms with van der Waals surface area (Å²) in [6.07, 6.45) is 6.70. The van der Waals surface area contributed by atoms with E-state index in [1.54, 1.807) is 12.0 Å². The lowest BCUT2D eigenvalue weighted by atomic mass is 9.86. The van der Waals surface area contributed by atoms with E-state index in [9.17, 15) is 9.59 Å². The second-order valence-electron chi connectivity index (χ2n) is 10.5. The third-order valence-electron chi connectivity index (χ3n) is 7.13. The van der Waals surface area contributed by atoms with Gasteiger partial charge in [0.15, 0.2) is 5.16 Å². The van der Waals surface area contributed by atoms with E-state index < -0.39 is 6.04 Å². The van der Waals surface area contributed by atoms with E-state index in [-0.39, 0.29) is 23.5 Å². The Morgan fingerprint density at radius 1 is 1.02 bits per heavy atom. The van der Waals surface area contributed by atoms with Crippen LogP contribution < -0.4 is 15.0 Å². The number of carbonyl (C=O) groups is 2. The molecule has 2 aromatic carbocycles. The predicted octanol–water partition coefficient (Wildman–Crippen LogP) is 5.65. The van der Waals surface area contributed by atoms with Gasteiger partial charge in [0.2, 0.25) is 11.8 Å². The molecule has 1 aromatic heterocycles. The van der Waals surface area contributed by atoms with Crippen molar-refractivity contribution in [3.63, 3.8) is 0 Å². The van der Waals surface area contributed by atoms with Gasteiger partial charge in [0.25, 0.3) is 0 Å². The van der Waals surface area contributed by atoms with Crippen LogP contribution in [0.3, 0.4) is 0 Å². The molecule has 41 heavy (non-hydrogen) atoms. The molecule has 8 nitrogen and oxygen atoms in total. The Bertz CT molecular complexity index is 1340. The van der Waals surface area contributed by atoms with Crippen molar-refractivity contribution >= 4 is 35.0 Å². The first-order valence-corrected chi connectivity index (χ1v) is 14.8. The largest absolute Gasteiger partial charge is 0.497 e. The normalized spacial score (nSPS) is 15.2. The highest BCUT2D eigenvalue weighted by Crippen LogP contribution is 2.29. The van der Waals surface area contributed by atoms with Crippen LogP contribution in [0.15, 0.2) is 71.9 Å². The van der Waals surface area contributed by atoms with E-state index in [1.165, 1.54) is 11.8 Å². The number of ether oxygens (including phenoxy) is 1. The Morgan fingerprint density at radius 3 is 2.29 bits per heavy atom. The average Bonchev–Trinajstić information content (AvgIpc) is 2.96. The molecule has 9 heteroatoms. The van der Waals surface area contributed by atoms with Crippen LogP contribution in [0.4, 0.5) is 11.4 Å². The van der Waals surface area contributed by atoms with Crippen LogP contribution in [-0.4, -0.2) is 59.7 Å². The highest BCUT2D eigenvalue weighted by atomic mass is 32.2. The molecule has 2 amide bonds. The maximum atomic E-state index is 14.0. The first-order valence-electron chi connectivity index (χ1n) is 13.8. The average molecular weight is 574 g/mol. The summed E-state index contributed by atoms with van der Waals surface area (Å²) in [5.74, 6) is 0.541. The van der Waals surface area contributed by atoms with Crippen molar-refractivity contribution in [3.8, 4) is 5.75 Å². The zero-order valence-electron chi connectivity index (χ0n) is 24.5. The maximum Gasteiger partial charge on any atom is 0.247 e. The summed E-state index contributed by atoms with van der Waals surface area (Å²) in [6.45, 7) is 4.13. The van der Waals surface area contributed by atoms with Gasteiger partial charge in [0.05, 0.1) is 12.9 Å². The summed E-state index contributed by atoms with van der Waals surface area (Å²) in [4.78, 5) is 40.8. The molecule has 2 atom stereocenters. The fourth-order valence-corrected chi connectivity index (χ4v) is 5.85. The van der Waals surface area contributed by atoms with Crippen LogP contribution in [0.1, 0.15) is 36.2 Å². The number of methoxy groups -OCH3 is 1. The molecular weight excluding hydrogens is 534 g/mol. The lowest BCUT2D eigenvalue weighted by molar-refractivity contribution is -0.139. The van der Waals surface area contributed by atoms with Gasteiger partial charge in [0.1, 0.15) is 11.8 Å². The van der Waals surface area contributed by atoms with Gasteiger partial charge < -0.3 is 19.9 Å². The van der Waals surface area contributed by atoms with Crippen molar-refractivity contribution in [2.75, 3.05) is 37.2 Å². The van der Waals surface area contributed by atoms with Crippen molar-refractivity contribution in [3.05, 3.63) is 83.7 Å². The first-order chi connectivity index (χ1) is 19.7. The Kier molecular flexibility index (Phi) is 10.4. The van der Waals surface area contributed by atoms with E-state index in [1.807, 2.05) is 87.4 Å². The highest BCUT2D eigenvalue weighted by molar-refractivity contribution is 7.99. The summed E-state index contributed by atoms with van der Waals surface area (Å²) < 4.78 is 5.33. The van der Waals surface area contributed by atoms with E-state index in [2.05, 4.69) is 27.4 Å². The minimum atomic E-state index is -0.649. The molecule has 0 radical (unpaired) electrons. The van der Waals surface area contributed by atoms with E-state index in [0.29, 0.717) is 17.4 Å². The van der Waals surface area contributed by atoms with Crippen LogP contribution in [-0.2, 0) is 16.1 Å². The molecule has 0 bridgehead atoms. The molecule has 1 aliphatic carbocycles. The Morgan fingerprint density at radius 2 is 1.71 bits per heavy atom. The van der Waals surface area contributed by atoms with Crippen LogP contribution in [0.25, 0.3) is 0 Å². The lowest BCUT2D eigenvalue weighted by Crippen LogP contribution is -2.51. The fraction of sp³-hybridized carbons (Fsp3) is 0.375. The van der Waals surface area contributed by atoms with Gasteiger partial charge in [-0.1, -0.05) is 36.0 Å². The van der Waals surface area contributed by atoms with Gasteiger partial charge >= 0.3 is 0 Å². The minimum Gasteiger partial charge on any atom is -0.497 e. The molecule has 0 spiro atoms. The molecule has 0 saturated carbocycles. The topological polar surface area (TPSA) is 87.7 Å². The molecule has 1 N–H and O–H groups in total. The number of hydrogen-bond acceptors (Lipinski definition) is 7.